The fraction of sp³-hybridized carbons (Fsp3) is 0.286. The van der Waals surface area contributed by atoms with E-state index in [0.717, 1.165) is 21.8 Å². The Balaban J connectivity index is 2.09. The molecule has 0 aliphatic rings. The number of benzene rings is 1. The van der Waals surface area contributed by atoms with Gasteiger partial charge in [0.05, 0.1) is 18.2 Å². The van der Waals surface area contributed by atoms with Crippen LogP contribution < -0.4 is 4.74 Å². The number of aromatic amines is 1. The molecule has 0 amide bonds. The highest BCUT2D eigenvalue weighted by atomic mass is 32.1. The molecular weight excluding hydrogens is 290 g/mol. The van der Waals surface area contributed by atoms with Crippen LogP contribution in [0.4, 0.5) is 0 Å². The third-order valence-corrected chi connectivity index (χ3v) is 4.00. The van der Waals surface area contributed by atoms with E-state index in [4.69, 9.17) is 17.0 Å². The van der Waals surface area contributed by atoms with E-state index in [1.54, 1.807) is 11.3 Å². The van der Waals surface area contributed by atoms with Crippen LogP contribution >= 0.6 is 23.6 Å². The predicted molar refractivity (Wildman–Crippen MR) is 84.1 cm³/mol. The zero-order valence-corrected chi connectivity index (χ0v) is 12.9. The second-order valence-electron chi connectivity index (χ2n) is 4.76. The number of rotatable bonds is 4. The summed E-state index contributed by atoms with van der Waals surface area (Å²) >= 11 is 7.06. The van der Waals surface area contributed by atoms with Crippen molar-refractivity contribution in [2.24, 2.45) is 0 Å². The number of nitrogens with one attached hydrogen (secondary N) is 1. The summed E-state index contributed by atoms with van der Waals surface area (Å²) < 4.78 is 8.57. The lowest BCUT2D eigenvalue weighted by Crippen LogP contribution is -2.06. The van der Waals surface area contributed by atoms with Gasteiger partial charge in [0.25, 0.3) is 0 Å². The first-order valence-electron chi connectivity index (χ1n) is 6.41. The maximum atomic E-state index is 5.83. The molecule has 104 valence electrons. The number of imidazole rings is 1. The summed E-state index contributed by atoms with van der Waals surface area (Å²) in [5.74, 6) is 0.835. The Morgan fingerprint density at radius 1 is 1.45 bits per heavy atom. The van der Waals surface area contributed by atoms with Crippen molar-refractivity contribution < 1.29 is 4.74 Å². The maximum Gasteiger partial charge on any atom is 0.178 e. The van der Waals surface area contributed by atoms with Crippen LogP contribution in [0.25, 0.3) is 11.0 Å². The fourth-order valence-corrected chi connectivity index (χ4v) is 3.00. The molecular formula is C14H15N3OS2. The van der Waals surface area contributed by atoms with Gasteiger partial charge in [-0.1, -0.05) is 6.07 Å². The number of para-hydroxylation sites is 1. The number of hydrogen-bond donors (Lipinski definition) is 1. The van der Waals surface area contributed by atoms with Crippen LogP contribution in [0, 0.1) is 4.77 Å². The van der Waals surface area contributed by atoms with Gasteiger partial charge in [-0.15, -0.1) is 11.3 Å². The van der Waals surface area contributed by atoms with Crippen LogP contribution in [0.3, 0.4) is 0 Å². The van der Waals surface area contributed by atoms with Crippen LogP contribution in [0.1, 0.15) is 18.9 Å². The first kappa shape index (κ1) is 13.3. The summed E-state index contributed by atoms with van der Waals surface area (Å²) in [5.41, 5.74) is 1.99. The van der Waals surface area contributed by atoms with Crippen LogP contribution in [0.5, 0.6) is 5.75 Å². The smallest absolute Gasteiger partial charge is 0.178 e. The van der Waals surface area contributed by atoms with Gasteiger partial charge in [0.2, 0.25) is 0 Å². The Hall–Kier alpha value is -1.66. The minimum Gasteiger partial charge on any atom is -0.489 e. The molecule has 20 heavy (non-hydrogen) atoms. The van der Waals surface area contributed by atoms with E-state index in [1.165, 1.54) is 0 Å². The third kappa shape index (κ3) is 2.48. The summed E-state index contributed by atoms with van der Waals surface area (Å²) in [6.07, 6.45) is 1.94. The van der Waals surface area contributed by atoms with Crippen LogP contribution in [0.15, 0.2) is 29.8 Å². The van der Waals surface area contributed by atoms with E-state index >= 15 is 0 Å². The number of aromatic nitrogens is 3. The molecule has 3 rings (SSSR count). The largest absolute Gasteiger partial charge is 0.489 e. The molecule has 6 heteroatoms. The van der Waals surface area contributed by atoms with E-state index in [-0.39, 0.29) is 6.10 Å². The van der Waals surface area contributed by atoms with Gasteiger partial charge in [0.15, 0.2) is 4.77 Å². The summed E-state index contributed by atoms with van der Waals surface area (Å²) in [6.45, 7) is 4.71. The molecule has 0 saturated carbocycles. The molecule has 1 N–H and O–H groups in total. The highest BCUT2D eigenvalue weighted by Crippen LogP contribution is 2.26. The Bertz CT molecular complexity index is 771. The van der Waals surface area contributed by atoms with Gasteiger partial charge in [-0.25, -0.2) is 4.98 Å². The summed E-state index contributed by atoms with van der Waals surface area (Å²) in [5, 5.41) is 3.01. The molecule has 0 aliphatic heterocycles. The van der Waals surface area contributed by atoms with Gasteiger partial charge in [-0.2, -0.15) is 0 Å². The van der Waals surface area contributed by atoms with Crippen LogP contribution in [-0.4, -0.2) is 20.6 Å². The van der Waals surface area contributed by atoms with Crippen molar-refractivity contribution in [3.05, 3.63) is 39.6 Å². The summed E-state index contributed by atoms with van der Waals surface area (Å²) in [6, 6.07) is 5.99. The number of thiazole rings is 1. The summed E-state index contributed by atoms with van der Waals surface area (Å²) in [4.78, 5) is 7.56. The van der Waals surface area contributed by atoms with Crippen molar-refractivity contribution in [1.29, 1.82) is 0 Å². The Morgan fingerprint density at radius 2 is 2.30 bits per heavy atom. The van der Waals surface area contributed by atoms with Crippen molar-refractivity contribution in [2.75, 3.05) is 0 Å². The second kappa shape index (κ2) is 5.38. The first-order chi connectivity index (χ1) is 9.65. The average Bonchev–Trinajstić information content (AvgIpc) is 3.00. The van der Waals surface area contributed by atoms with Crippen molar-refractivity contribution in [1.82, 2.24) is 14.5 Å². The van der Waals surface area contributed by atoms with Gasteiger partial charge in [0.1, 0.15) is 16.3 Å². The molecule has 2 aromatic heterocycles. The lowest BCUT2D eigenvalue weighted by atomic mass is 10.3. The Morgan fingerprint density at radius 3 is 3.00 bits per heavy atom. The Labute approximate surface area is 126 Å². The lowest BCUT2D eigenvalue weighted by molar-refractivity contribution is 0.245. The molecule has 0 spiro atoms. The number of ether oxygens (including phenoxy) is 1. The molecule has 0 fully saturated rings. The molecule has 0 unspecified atom stereocenters. The van der Waals surface area contributed by atoms with Crippen LogP contribution in [0.2, 0.25) is 0 Å². The quantitative estimate of drug-likeness (QED) is 0.741. The van der Waals surface area contributed by atoms with E-state index in [2.05, 4.69) is 14.5 Å². The monoisotopic (exact) mass is 305 g/mol. The highest BCUT2D eigenvalue weighted by molar-refractivity contribution is 7.71. The molecule has 1 aromatic carbocycles. The van der Waals surface area contributed by atoms with Gasteiger partial charge in [-0.3, -0.25) is 0 Å². The molecule has 3 aromatic rings. The van der Waals surface area contributed by atoms with E-state index in [0.29, 0.717) is 11.3 Å². The van der Waals surface area contributed by atoms with E-state index in [1.807, 2.05) is 43.6 Å². The molecule has 4 nitrogen and oxygen atoms in total. The molecule has 0 aliphatic carbocycles. The number of nitrogens with zero attached hydrogens (tertiary/aromatic N) is 2. The van der Waals surface area contributed by atoms with E-state index in [9.17, 15) is 0 Å². The van der Waals surface area contributed by atoms with Crippen molar-refractivity contribution in [2.45, 2.75) is 26.5 Å². The highest BCUT2D eigenvalue weighted by Gasteiger charge is 2.11. The fourth-order valence-electron chi connectivity index (χ4n) is 2.13. The molecule has 0 radical (unpaired) electrons. The Kier molecular flexibility index (Phi) is 3.58. The topological polar surface area (TPSA) is 42.8 Å². The molecule has 0 saturated heterocycles. The lowest BCUT2D eigenvalue weighted by Gasteiger charge is -2.10. The van der Waals surface area contributed by atoms with E-state index < -0.39 is 0 Å². The normalized spacial score (nSPS) is 11.3. The van der Waals surface area contributed by atoms with Crippen molar-refractivity contribution in [3.63, 3.8) is 0 Å². The average molecular weight is 305 g/mol. The van der Waals surface area contributed by atoms with Gasteiger partial charge >= 0.3 is 0 Å². The minimum absolute atomic E-state index is 0.130. The zero-order valence-electron chi connectivity index (χ0n) is 11.3. The van der Waals surface area contributed by atoms with Gasteiger partial charge in [0, 0.05) is 11.6 Å². The number of fused-ring (bicyclic) bond motifs is 1. The molecule has 0 bridgehead atoms. The van der Waals surface area contributed by atoms with Crippen LogP contribution in [-0.2, 0) is 6.54 Å². The second-order valence-corrected chi connectivity index (χ2v) is 6.12. The first-order valence-corrected chi connectivity index (χ1v) is 7.70. The van der Waals surface area contributed by atoms with Crippen molar-refractivity contribution in [3.8, 4) is 5.75 Å². The minimum atomic E-state index is 0.130. The number of hydrogen-bond acceptors (Lipinski definition) is 4. The van der Waals surface area contributed by atoms with Gasteiger partial charge < -0.3 is 14.3 Å². The maximum absolute atomic E-state index is 5.83. The standard InChI is InChI=1S/C14H15N3OS2/c1-9(2)18-11-5-3-4-10-13(11)16-14(19)17(10)8-12-15-6-7-20-12/h3-7,9H,8H2,1-2H3,(H,16,19). The third-order valence-electron chi connectivity index (χ3n) is 2.91. The van der Waals surface area contributed by atoms with Crippen molar-refractivity contribution >= 4 is 34.6 Å². The summed E-state index contributed by atoms with van der Waals surface area (Å²) in [7, 11) is 0. The zero-order chi connectivity index (χ0) is 14.1. The predicted octanol–water partition coefficient (Wildman–Crippen LogP) is 3.99. The molecule has 0 atom stereocenters. The number of H-pyrrole nitrogens is 1. The molecule has 2 heterocycles. The SMILES string of the molecule is CC(C)Oc1cccc2c1[nH]c(=S)n2Cc1nccs1. The van der Waals surface area contributed by atoms with Gasteiger partial charge in [-0.05, 0) is 38.2 Å².